The molecule has 30 heavy (non-hydrogen) atoms. The van der Waals surface area contributed by atoms with E-state index in [1.165, 1.54) is 4.88 Å². The van der Waals surface area contributed by atoms with Crippen molar-refractivity contribution in [3.05, 3.63) is 73.3 Å². The number of carbonyl (C=O) groups excluding carboxylic acids is 1. The Morgan fingerprint density at radius 2 is 1.87 bits per heavy atom. The van der Waals surface area contributed by atoms with Crippen LogP contribution in [-0.2, 0) is 4.79 Å². The van der Waals surface area contributed by atoms with Crippen molar-refractivity contribution in [3.63, 3.8) is 0 Å². The molecule has 7 nitrogen and oxygen atoms in total. The third kappa shape index (κ3) is 2.87. The van der Waals surface area contributed by atoms with Crippen molar-refractivity contribution in [2.45, 2.75) is 24.7 Å². The van der Waals surface area contributed by atoms with Crippen LogP contribution in [0.15, 0.2) is 51.8 Å². The first kappa shape index (κ1) is 18.7. The van der Waals surface area contributed by atoms with Crippen LogP contribution in [0.25, 0.3) is 0 Å². The number of rotatable bonds is 4. The number of ketones is 1. The van der Waals surface area contributed by atoms with Gasteiger partial charge in [0.2, 0.25) is 0 Å². The molecule has 0 bridgehead atoms. The van der Waals surface area contributed by atoms with Crippen LogP contribution >= 0.6 is 11.3 Å². The predicted molar refractivity (Wildman–Crippen MR) is 115 cm³/mol. The van der Waals surface area contributed by atoms with Crippen molar-refractivity contribution in [1.82, 2.24) is 10.2 Å². The van der Waals surface area contributed by atoms with Gasteiger partial charge in [0.05, 0.1) is 19.8 Å². The minimum Gasteiger partial charge on any atom is -0.493 e. The summed E-state index contributed by atoms with van der Waals surface area (Å²) < 4.78 is 10.8. The Kier molecular flexibility index (Phi) is 4.51. The van der Waals surface area contributed by atoms with E-state index in [-0.39, 0.29) is 17.3 Å². The van der Waals surface area contributed by atoms with Crippen LogP contribution in [0.4, 0.5) is 5.82 Å². The van der Waals surface area contributed by atoms with Crippen LogP contribution < -0.4 is 20.3 Å². The molecular weight excluding hydrogens is 402 g/mol. The van der Waals surface area contributed by atoms with Crippen molar-refractivity contribution in [2.24, 2.45) is 0 Å². The van der Waals surface area contributed by atoms with Crippen LogP contribution in [0.5, 0.6) is 11.5 Å². The lowest BCUT2D eigenvalue weighted by Crippen LogP contribution is -2.31. The largest absolute Gasteiger partial charge is 0.493 e. The molecule has 1 aliphatic heterocycles. The summed E-state index contributed by atoms with van der Waals surface area (Å²) in [5, 5.41) is 10.9. The third-order valence-corrected chi connectivity index (χ3v) is 6.90. The second-order valence-corrected chi connectivity index (χ2v) is 8.46. The lowest BCUT2D eigenvalue weighted by molar-refractivity contribution is -0.116. The van der Waals surface area contributed by atoms with Gasteiger partial charge in [-0.1, -0.05) is 12.1 Å². The van der Waals surface area contributed by atoms with E-state index in [0.29, 0.717) is 34.9 Å². The Labute approximate surface area is 176 Å². The Hall–Kier alpha value is -3.26. The summed E-state index contributed by atoms with van der Waals surface area (Å²) in [6.45, 7) is 0. The molecule has 1 aliphatic carbocycles. The normalized spacial score (nSPS) is 20.4. The summed E-state index contributed by atoms with van der Waals surface area (Å²) in [7, 11) is 3.15. The molecule has 1 aromatic carbocycles. The van der Waals surface area contributed by atoms with Gasteiger partial charge in [0.25, 0.3) is 5.56 Å². The summed E-state index contributed by atoms with van der Waals surface area (Å²) in [6.07, 6.45) is 1.15. The minimum absolute atomic E-state index is 0.0631. The number of hydrogen-bond donors (Lipinski definition) is 3. The van der Waals surface area contributed by atoms with Crippen molar-refractivity contribution in [3.8, 4) is 11.5 Å². The molecule has 0 saturated heterocycles. The summed E-state index contributed by atoms with van der Waals surface area (Å²) in [5.74, 6) is 1.50. The van der Waals surface area contributed by atoms with E-state index in [1.807, 2.05) is 23.6 Å². The number of Topliss-reactive ketones (excluding diaryl/α,β-unsaturated/α-hetero) is 1. The average molecular weight is 423 g/mol. The molecule has 2 aromatic heterocycles. The van der Waals surface area contributed by atoms with E-state index in [1.54, 1.807) is 31.6 Å². The highest BCUT2D eigenvalue weighted by molar-refractivity contribution is 7.10. The zero-order chi connectivity index (χ0) is 20.8. The SMILES string of the molecule is COc1ccc([C@H]2C3=C(C[C@H](c4cccs4)CC3=O)Nc3[nH][nH]c(=O)c32)cc1OC. The summed E-state index contributed by atoms with van der Waals surface area (Å²) in [4.78, 5) is 27.2. The number of aromatic amines is 2. The fraction of sp³-hybridized carbons (Fsp3) is 0.273. The zero-order valence-corrected chi connectivity index (χ0v) is 17.4. The lowest BCUT2D eigenvalue weighted by Gasteiger charge is -2.34. The minimum atomic E-state index is -0.470. The van der Waals surface area contributed by atoms with Crippen molar-refractivity contribution >= 4 is 22.9 Å². The maximum Gasteiger partial charge on any atom is 0.270 e. The van der Waals surface area contributed by atoms with Crippen LogP contribution in [0.3, 0.4) is 0 Å². The number of allylic oxidation sites excluding steroid dienone is 2. The van der Waals surface area contributed by atoms with Crippen LogP contribution in [0.1, 0.15) is 40.7 Å². The topological polar surface area (TPSA) is 96.2 Å². The molecular formula is C22H21N3O4S. The van der Waals surface area contributed by atoms with Gasteiger partial charge in [-0.15, -0.1) is 11.3 Å². The van der Waals surface area contributed by atoms with E-state index in [4.69, 9.17) is 9.47 Å². The molecule has 3 aromatic rings. The molecule has 0 saturated carbocycles. The number of nitrogens with one attached hydrogen (secondary N) is 3. The summed E-state index contributed by atoms with van der Waals surface area (Å²) >= 11 is 1.67. The zero-order valence-electron chi connectivity index (χ0n) is 16.6. The van der Waals surface area contributed by atoms with Crippen LogP contribution in [0.2, 0.25) is 0 Å². The number of aromatic nitrogens is 2. The summed E-state index contributed by atoms with van der Waals surface area (Å²) in [6, 6.07) is 9.62. The number of thiophene rings is 1. The van der Waals surface area contributed by atoms with Crippen LogP contribution in [0, 0.1) is 0 Å². The van der Waals surface area contributed by atoms with Gasteiger partial charge >= 0.3 is 0 Å². The maximum atomic E-state index is 13.4. The second-order valence-electron chi connectivity index (χ2n) is 7.48. The first-order valence-corrected chi connectivity index (χ1v) is 10.6. The average Bonchev–Trinajstić information content (AvgIpc) is 3.42. The number of fused-ring (bicyclic) bond motifs is 1. The molecule has 2 aliphatic rings. The number of hydrogen-bond acceptors (Lipinski definition) is 6. The van der Waals surface area contributed by atoms with Crippen molar-refractivity contribution < 1.29 is 14.3 Å². The molecule has 3 heterocycles. The molecule has 2 atom stereocenters. The molecule has 154 valence electrons. The second kappa shape index (κ2) is 7.21. The molecule has 0 amide bonds. The summed E-state index contributed by atoms with van der Waals surface area (Å²) in [5.41, 5.74) is 2.62. The van der Waals surface area contributed by atoms with Crippen molar-refractivity contribution in [1.29, 1.82) is 0 Å². The highest BCUT2D eigenvalue weighted by atomic mass is 32.1. The molecule has 8 heteroatoms. The van der Waals surface area contributed by atoms with Crippen LogP contribution in [-0.4, -0.2) is 30.2 Å². The Bertz CT molecular complexity index is 1210. The van der Waals surface area contributed by atoms with E-state index >= 15 is 0 Å². The standard InChI is InChI=1S/C22H21N3O4S/c1-28-15-6-5-11(10-16(15)29-2)18-19-13(23-21-20(18)22(27)25-24-21)8-12(9-14(19)26)17-4-3-7-30-17/h3-7,10,12,18H,8-9H2,1-2H3,(H3,23,24,25,27)/t12-,18-/m0/s1. The molecule has 5 rings (SSSR count). The van der Waals surface area contributed by atoms with Gasteiger partial charge in [0.1, 0.15) is 5.82 Å². The number of H-pyrrole nitrogens is 2. The first-order chi connectivity index (χ1) is 14.6. The smallest absolute Gasteiger partial charge is 0.270 e. The number of anilines is 1. The lowest BCUT2D eigenvalue weighted by atomic mass is 9.74. The molecule has 0 unspecified atom stereocenters. The number of carbonyl (C=O) groups is 1. The fourth-order valence-electron chi connectivity index (χ4n) is 4.51. The molecule has 0 spiro atoms. The quantitative estimate of drug-likeness (QED) is 0.594. The van der Waals surface area contributed by atoms with E-state index in [9.17, 15) is 9.59 Å². The van der Waals surface area contributed by atoms with Gasteiger partial charge in [-0.05, 0) is 35.6 Å². The number of benzene rings is 1. The highest BCUT2D eigenvalue weighted by Gasteiger charge is 2.40. The molecule has 3 N–H and O–H groups in total. The molecule has 0 fully saturated rings. The number of ether oxygens (including phenoxy) is 2. The first-order valence-electron chi connectivity index (χ1n) is 9.69. The van der Waals surface area contributed by atoms with Gasteiger partial charge in [0.15, 0.2) is 17.3 Å². The van der Waals surface area contributed by atoms with Gasteiger partial charge in [-0.25, -0.2) is 0 Å². The van der Waals surface area contributed by atoms with Gasteiger partial charge in [-0.3, -0.25) is 19.8 Å². The van der Waals surface area contributed by atoms with Gasteiger partial charge in [0, 0.05) is 34.4 Å². The highest BCUT2D eigenvalue weighted by Crippen LogP contribution is 2.47. The van der Waals surface area contributed by atoms with Gasteiger partial charge < -0.3 is 14.8 Å². The van der Waals surface area contributed by atoms with Gasteiger partial charge in [-0.2, -0.15) is 0 Å². The maximum absolute atomic E-state index is 13.4. The fourth-order valence-corrected chi connectivity index (χ4v) is 5.34. The van der Waals surface area contributed by atoms with Crippen molar-refractivity contribution in [2.75, 3.05) is 19.5 Å². The molecule has 0 radical (unpaired) electrons. The predicted octanol–water partition coefficient (Wildman–Crippen LogP) is 3.74. The monoisotopic (exact) mass is 423 g/mol. The van der Waals surface area contributed by atoms with E-state index < -0.39 is 5.92 Å². The number of methoxy groups -OCH3 is 2. The van der Waals surface area contributed by atoms with E-state index in [2.05, 4.69) is 21.6 Å². The Morgan fingerprint density at radius 1 is 1.03 bits per heavy atom. The Balaban J connectivity index is 1.66. The Morgan fingerprint density at radius 3 is 2.60 bits per heavy atom. The van der Waals surface area contributed by atoms with E-state index in [0.717, 1.165) is 17.7 Å². The third-order valence-electron chi connectivity index (χ3n) is 5.86.